The number of ketones is 1. The Morgan fingerprint density at radius 2 is 2.10 bits per heavy atom. The molecule has 0 bridgehead atoms. The third kappa shape index (κ3) is 1.62. The van der Waals surface area contributed by atoms with E-state index in [4.69, 9.17) is 5.26 Å². The van der Waals surface area contributed by atoms with Gasteiger partial charge in [0.2, 0.25) is 0 Å². The average molecular weight is 306 g/mol. The molecule has 0 saturated carbocycles. The van der Waals surface area contributed by atoms with Crippen molar-refractivity contribution in [2.45, 2.75) is 4.90 Å². The van der Waals surface area contributed by atoms with Crippen LogP contribution in [-0.2, 0) is 14.8 Å². The number of fused-ring (bicyclic) bond motifs is 2. The molecule has 5 nitrogen and oxygen atoms in total. The van der Waals surface area contributed by atoms with Gasteiger partial charge in [-0.3, -0.25) is 9.10 Å². The highest BCUT2D eigenvalue weighted by Crippen LogP contribution is 2.45. The third-order valence-corrected chi connectivity index (χ3v) is 6.42. The highest BCUT2D eigenvalue weighted by molar-refractivity contribution is 8.08. The van der Waals surface area contributed by atoms with Gasteiger partial charge in [-0.05, 0) is 6.07 Å². The molecule has 0 aromatic heterocycles. The number of benzene rings is 1. The zero-order valence-electron chi connectivity index (χ0n) is 10.5. The fourth-order valence-corrected chi connectivity index (χ4v) is 5.14. The van der Waals surface area contributed by atoms with Crippen molar-refractivity contribution in [2.75, 3.05) is 12.8 Å². The summed E-state index contributed by atoms with van der Waals surface area (Å²) in [6.45, 7) is 0. The summed E-state index contributed by atoms with van der Waals surface area (Å²) in [5, 5.41) is 8.99. The molecule has 1 atom stereocenters. The van der Waals surface area contributed by atoms with Gasteiger partial charge in [0.05, 0.1) is 11.0 Å². The van der Waals surface area contributed by atoms with Gasteiger partial charge in [-0.2, -0.15) is 5.26 Å². The van der Waals surface area contributed by atoms with Gasteiger partial charge in [0.15, 0.2) is 5.78 Å². The molecule has 0 fully saturated rings. The summed E-state index contributed by atoms with van der Waals surface area (Å²) >= 11 is 1.36. The summed E-state index contributed by atoms with van der Waals surface area (Å²) in [6.07, 6.45) is 0. The number of carbonyl (C=O) groups is 1. The predicted octanol–water partition coefficient (Wildman–Crippen LogP) is 1.44. The first kappa shape index (κ1) is 13.2. The minimum absolute atomic E-state index is 0.117. The van der Waals surface area contributed by atoms with Crippen molar-refractivity contribution in [2.24, 2.45) is 5.92 Å². The number of thioether (sulfide) groups is 1. The number of carbonyl (C=O) groups excluding carboxylic acids is 1. The monoisotopic (exact) mass is 306 g/mol. The number of nitrogens with zero attached hydrogens (tertiary/aromatic N) is 2. The van der Waals surface area contributed by atoms with Gasteiger partial charge in [0, 0.05) is 23.3 Å². The lowest BCUT2D eigenvalue weighted by Gasteiger charge is -2.33. The molecular formula is C13H10N2O3S2. The Kier molecular flexibility index (Phi) is 2.88. The number of hydrogen-bond donors (Lipinski definition) is 0. The first-order valence-corrected chi connectivity index (χ1v) is 8.30. The van der Waals surface area contributed by atoms with E-state index in [1.807, 2.05) is 6.07 Å². The van der Waals surface area contributed by atoms with E-state index in [0.29, 0.717) is 16.2 Å². The van der Waals surface area contributed by atoms with E-state index in [0.717, 1.165) is 4.31 Å². The quantitative estimate of drug-likeness (QED) is 0.725. The normalized spacial score (nSPS) is 23.9. The standard InChI is InChI=1S/C13H10N2O3S2/c1-15-11-12(16)8(6-14)7-19-13(11)9-4-2-3-5-10(9)20(15,17)18/h2-5,8H,7H2,1H3. The Labute approximate surface area is 120 Å². The van der Waals surface area contributed by atoms with Gasteiger partial charge in [0.25, 0.3) is 10.0 Å². The number of likely N-dealkylation sites (N-methyl/N-ethyl adjacent to an activating group) is 1. The maximum absolute atomic E-state index is 12.4. The molecule has 0 amide bonds. The van der Waals surface area contributed by atoms with Crippen LogP contribution in [0.4, 0.5) is 0 Å². The molecule has 0 saturated heterocycles. The van der Waals surface area contributed by atoms with Gasteiger partial charge in [0.1, 0.15) is 11.6 Å². The molecule has 102 valence electrons. The van der Waals surface area contributed by atoms with E-state index in [1.165, 1.54) is 24.9 Å². The van der Waals surface area contributed by atoms with Gasteiger partial charge >= 0.3 is 0 Å². The van der Waals surface area contributed by atoms with Crippen molar-refractivity contribution in [1.29, 1.82) is 5.26 Å². The smallest absolute Gasteiger partial charge is 0.264 e. The Balaban J connectivity index is 2.33. The maximum atomic E-state index is 12.4. The van der Waals surface area contributed by atoms with Crippen molar-refractivity contribution in [3.05, 3.63) is 35.5 Å². The minimum Gasteiger partial charge on any atom is -0.291 e. The minimum atomic E-state index is -3.72. The molecule has 7 heteroatoms. The summed E-state index contributed by atoms with van der Waals surface area (Å²) in [6, 6.07) is 8.56. The van der Waals surface area contributed by atoms with Crippen molar-refractivity contribution in [3.8, 4) is 6.07 Å². The summed E-state index contributed by atoms with van der Waals surface area (Å²) in [5.74, 6) is -0.848. The third-order valence-electron chi connectivity index (χ3n) is 3.40. The van der Waals surface area contributed by atoms with Crippen molar-refractivity contribution >= 4 is 32.5 Å². The number of allylic oxidation sites excluding steroid dienone is 1. The summed E-state index contributed by atoms with van der Waals surface area (Å²) in [7, 11) is -2.36. The first-order valence-electron chi connectivity index (χ1n) is 5.87. The van der Waals surface area contributed by atoms with Gasteiger partial charge in [-0.15, -0.1) is 11.8 Å². The Hall–Kier alpha value is -1.78. The second-order valence-corrected chi connectivity index (χ2v) is 7.47. The molecular weight excluding hydrogens is 296 g/mol. The molecule has 1 aromatic rings. The van der Waals surface area contributed by atoms with Crippen LogP contribution in [0, 0.1) is 17.2 Å². The largest absolute Gasteiger partial charge is 0.291 e. The second-order valence-electron chi connectivity index (χ2n) is 4.50. The lowest BCUT2D eigenvalue weighted by atomic mass is 10.0. The Morgan fingerprint density at radius 1 is 1.40 bits per heavy atom. The van der Waals surface area contributed by atoms with E-state index < -0.39 is 21.7 Å². The number of Topliss-reactive ketones (excluding diaryl/α,β-unsaturated/α-hetero) is 1. The number of sulfonamides is 1. The highest BCUT2D eigenvalue weighted by atomic mass is 32.2. The molecule has 0 radical (unpaired) electrons. The van der Waals surface area contributed by atoms with Crippen LogP contribution in [0.15, 0.2) is 34.9 Å². The van der Waals surface area contributed by atoms with Crippen LogP contribution in [0.2, 0.25) is 0 Å². The molecule has 2 heterocycles. The van der Waals surface area contributed by atoms with E-state index in [9.17, 15) is 13.2 Å². The van der Waals surface area contributed by atoms with Gasteiger partial charge < -0.3 is 0 Å². The van der Waals surface area contributed by atoms with Crippen LogP contribution in [0.1, 0.15) is 5.56 Å². The van der Waals surface area contributed by atoms with E-state index in [-0.39, 0.29) is 10.6 Å². The van der Waals surface area contributed by atoms with Crippen LogP contribution in [-0.4, -0.2) is 31.3 Å². The Morgan fingerprint density at radius 3 is 2.80 bits per heavy atom. The lowest BCUT2D eigenvalue weighted by Crippen LogP contribution is -2.39. The van der Waals surface area contributed by atoms with E-state index >= 15 is 0 Å². The van der Waals surface area contributed by atoms with Gasteiger partial charge in [-0.25, -0.2) is 8.42 Å². The summed E-state index contributed by atoms with van der Waals surface area (Å²) in [5.41, 5.74) is 0.668. The number of nitriles is 1. The van der Waals surface area contributed by atoms with Crippen LogP contribution in [0.25, 0.3) is 4.91 Å². The van der Waals surface area contributed by atoms with Crippen LogP contribution < -0.4 is 0 Å². The molecule has 2 aliphatic rings. The zero-order valence-corrected chi connectivity index (χ0v) is 12.2. The molecule has 3 rings (SSSR count). The summed E-state index contributed by atoms with van der Waals surface area (Å²) < 4.78 is 25.9. The number of hydrogen-bond acceptors (Lipinski definition) is 5. The fraction of sp³-hybridized carbons (Fsp3) is 0.231. The van der Waals surface area contributed by atoms with E-state index in [1.54, 1.807) is 18.2 Å². The van der Waals surface area contributed by atoms with Crippen LogP contribution in [0.3, 0.4) is 0 Å². The SMILES string of the molecule is CN1C2=C(SCC(C#N)C2=O)c2ccccc2S1(=O)=O. The highest BCUT2D eigenvalue weighted by Gasteiger charge is 2.42. The second kappa shape index (κ2) is 4.36. The maximum Gasteiger partial charge on any atom is 0.264 e. The lowest BCUT2D eigenvalue weighted by molar-refractivity contribution is -0.118. The van der Waals surface area contributed by atoms with Crippen LogP contribution >= 0.6 is 11.8 Å². The molecule has 1 unspecified atom stereocenters. The fourth-order valence-electron chi connectivity index (χ4n) is 2.33. The van der Waals surface area contributed by atoms with Crippen molar-refractivity contribution in [3.63, 3.8) is 0 Å². The molecule has 0 aliphatic carbocycles. The first-order chi connectivity index (χ1) is 9.48. The van der Waals surface area contributed by atoms with Crippen molar-refractivity contribution in [1.82, 2.24) is 4.31 Å². The predicted molar refractivity (Wildman–Crippen MR) is 74.9 cm³/mol. The number of rotatable bonds is 0. The average Bonchev–Trinajstić information content (AvgIpc) is 2.45. The van der Waals surface area contributed by atoms with Crippen molar-refractivity contribution < 1.29 is 13.2 Å². The zero-order chi connectivity index (χ0) is 14.5. The topological polar surface area (TPSA) is 78.2 Å². The van der Waals surface area contributed by atoms with Crippen LogP contribution in [0.5, 0.6) is 0 Å². The van der Waals surface area contributed by atoms with E-state index in [2.05, 4.69) is 0 Å². The summed E-state index contributed by atoms with van der Waals surface area (Å²) in [4.78, 5) is 13.2. The molecule has 20 heavy (non-hydrogen) atoms. The molecule has 1 aromatic carbocycles. The molecule has 0 spiro atoms. The molecule has 0 N–H and O–H groups in total. The Bertz CT molecular complexity index is 790. The van der Waals surface area contributed by atoms with Gasteiger partial charge in [-0.1, -0.05) is 18.2 Å². The molecule has 2 aliphatic heterocycles.